The predicted octanol–water partition coefficient (Wildman–Crippen LogP) is 0.246. The fraction of sp³-hybridized carbons (Fsp3) is 0.375. The summed E-state index contributed by atoms with van der Waals surface area (Å²) in [6.45, 7) is 4.05. The number of imide groups is 2. The van der Waals surface area contributed by atoms with Crippen LogP contribution in [0.5, 0.6) is 0 Å². The zero-order chi connectivity index (χ0) is 16.7. The van der Waals surface area contributed by atoms with Crippen LogP contribution in [0.4, 0.5) is 0 Å². The van der Waals surface area contributed by atoms with Gasteiger partial charge in [-0.1, -0.05) is 37.3 Å². The van der Waals surface area contributed by atoms with E-state index in [9.17, 15) is 19.2 Å². The normalized spacial score (nSPS) is 20.8. The number of nitrogens with one attached hydrogen (secondary N) is 1. The fourth-order valence-electron chi connectivity index (χ4n) is 2.98. The number of nitrogens with zero attached hydrogens (tertiary/aromatic N) is 1. The average Bonchev–Trinajstić information content (AvgIpc) is 2.71. The van der Waals surface area contributed by atoms with Gasteiger partial charge in [-0.05, 0) is 12.5 Å². The molecule has 1 aromatic rings. The summed E-state index contributed by atoms with van der Waals surface area (Å²) in [5.74, 6) is -1.61. The molecule has 4 amide bonds. The number of amides is 4. The first-order valence-corrected chi connectivity index (χ1v) is 7.59. The zero-order valence-electron chi connectivity index (χ0n) is 13.0. The predicted molar refractivity (Wildman–Crippen MR) is 83.6 cm³/mol. The first-order chi connectivity index (χ1) is 10.9. The first-order valence-electron chi connectivity index (χ1n) is 7.59. The van der Waals surface area contributed by atoms with Crippen molar-refractivity contribution >= 4 is 36.4 Å². The second kappa shape index (κ2) is 5.64. The number of fused-ring (bicyclic) bond motifs is 1. The third-order valence-electron chi connectivity index (χ3n) is 3.99. The molecule has 23 heavy (non-hydrogen) atoms. The van der Waals surface area contributed by atoms with Gasteiger partial charge in [0, 0.05) is 6.42 Å². The van der Waals surface area contributed by atoms with Crippen molar-refractivity contribution in [2.45, 2.75) is 38.5 Å². The lowest BCUT2D eigenvalue weighted by Crippen LogP contribution is -2.54. The lowest BCUT2D eigenvalue weighted by Gasteiger charge is -2.27. The van der Waals surface area contributed by atoms with Crippen molar-refractivity contribution in [1.82, 2.24) is 10.2 Å². The minimum atomic E-state index is -0.919. The third-order valence-corrected chi connectivity index (χ3v) is 3.99. The van der Waals surface area contributed by atoms with E-state index in [0.717, 1.165) is 10.4 Å². The Balaban J connectivity index is 1.91. The van der Waals surface area contributed by atoms with E-state index in [2.05, 4.69) is 5.32 Å². The lowest BCUT2D eigenvalue weighted by atomic mass is 9.60. The van der Waals surface area contributed by atoms with E-state index in [0.29, 0.717) is 16.9 Å². The molecule has 1 saturated heterocycles. The third kappa shape index (κ3) is 2.67. The van der Waals surface area contributed by atoms with Gasteiger partial charge in [0.2, 0.25) is 11.8 Å². The number of carbonyl (C=O) groups excluding carboxylic acids is 4. The van der Waals surface area contributed by atoms with Gasteiger partial charge in [0.25, 0.3) is 11.8 Å². The Morgan fingerprint density at radius 3 is 2.48 bits per heavy atom. The summed E-state index contributed by atoms with van der Waals surface area (Å²) in [6.07, 6.45) is 0.289. The van der Waals surface area contributed by atoms with Gasteiger partial charge in [-0.25, -0.2) is 0 Å². The largest absolute Gasteiger partial charge is 0.295 e. The van der Waals surface area contributed by atoms with Crippen molar-refractivity contribution < 1.29 is 19.2 Å². The van der Waals surface area contributed by atoms with Gasteiger partial charge in [0.05, 0.1) is 11.1 Å². The van der Waals surface area contributed by atoms with Gasteiger partial charge in [-0.3, -0.25) is 29.4 Å². The molecule has 2 aliphatic heterocycles. The average molecular weight is 311 g/mol. The highest BCUT2D eigenvalue weighted by molar-refractivity contribution is 6.55. The van der Waals surface area contributed by atoms with Gasteiger partial charge in [-0.2, -0.15) is 0 Å². The van der Waals surface area contributed by atoms with Crippen molar-refractivity contribution in [3.63, 3.8) is 0 Å². The fourth-order valence-corrected chi connectivity index (χ4v) is 2.98. The summed E-state index contributed by atoms with van der Waals surface area (Å²) in [4.78, 5) is 49.3. The SMILES string of the molecule is CC(C)[B]c1ccc2c(c1)C(=O)N(C1CCC(=O)NC1=O)C2=O. The van der Waals surface area contributed by atoms with Crippen molar-refractivity contribution in [3.8, 4) is 0 Å². The van der Waals surface area contributed by atoms with Crippen LogP contribution in [-0.4, -0.2) is 41.8 Å². The quantitative estimate of drug-likeness (QED) is 0.640. The molecule has 0 spiro atoms. The van der Waals surface area contributed by atoms with Gasteiger partial charge in [0.1, 0.15) is 6.04 Å². The van der Waals surface area contributed by atoms with Crippen LogP contribution in [0.15, 0.2) is 18.2 Å². The summed E-state index contributed by atoms with van der Waals surface area (Å²) in [5.41, 5.74) is 1.49. The Bertz CT molecular complexity index is 729. The molecule has 1 aromatic carbocycles. The molecule has 1 N–H and O–H groups in total. The van der Waals surface area contributed by atoms with E-state index < -0.39 is 23.8 Å². The highest BCUT2D eigenvalue weighted by Crippen LogP contribution is 2.26. The molecule has 1 fully saturated rings. The van der Waals surface area contributed by atoms with Crippen LogP contribution in [0.3, 0.4) is 0 Å². The van der Waals surface area contributed by atoms with Crippen molar-refractivity contribution in [1.29, 1.82) is 0 Å². The van der Waals surface area contributed by atoms with Crippen LogP contribution >= 0.6 is 0 Å². The van der Waals surface area contributed by atoms with E-state index in [1.165, 1.54) is 0 Å². The molecule has 6 nitrogen and oxygen atoms in total. The molecule has 1 atom stereocenters. The summed E-state index contributed by atoms with van der Waals surface area (Å²) in [5, 5.41) is 2.18. The Morgan fingerprint density at radius 1 is 1.13 bits per heavy atom. The molecular weight excluding hydrogens is 295 g/mol. The Hall–Kier alpha value is -2.44. The number of hydrogen-bond donors (Lipinski definition) is 1. The van der Waals surface area contributed by atoms with E-state index in [4.69, 9.17) is 0 Å². The maximum atomic E-state index is 12.6. The maximum Gasteiger partial charge on any atom is 0.262 e. The Morgan fingerprint density at radius 2 is 1.83 bits per heavy atom. The van der Waals surface area contributed by atoms with E-state index in [-0.39, 0.29) is 18.7 Å². The molecule has 1 unspecified atom stereocenters. The maximum absolute atomic E-state index is 12.6. The second-order valence-electron chi connectivity index (χ2n) is 6.16. The number of benzene rings is 1. The summed E-state index contributed by atoms with van der Waals surface area (Å²) in [6, 6.07) is 4.17. The minimum absolute atomic E-state index is 0.121. The topological polar surface area (TPSA) is 83.6 Å². The van der Waals surface area contributed by atoms with Crippen LogP contribution in [0, 0.1) is 0 Å². The monoisotopic (exact) mass is 311 g/mol. The van der Waals surface area contributed by atoms with Crippen molar-refractivity contribution in [3.05, 3.63) is 29.3 Å². The smallest absolute Gasteiger partial charge is 0.262 e. The summed E-state index contributed by atoms with van der Waals surface area (Å²) in [7, 11) is 1.99. The molecule has 0 bridgehead atoms. The number of piperidine rings is 1. The summed E-state index contributed by atoms with van der Waals surface area (Å²) >= 11 is 0. The molecular formula is C16H16BN2O4. The van der Waals surface area contributed by atoms with Gasteiger partial charge >= 0.3 is 0 Å². The first kappa shape index (κ1) is 15.5. The highest BCUT2D eigenvalue weighted by Gasteiger charge is 2.44. The molecule has 0 aliphatic carbocycles. The molecule has 0 aromatic heterocycles. The van der Waals surface area contributed by atoms with Crippen molar-refractivity contribution in [2.75, 3.05) is 0 Å². The van der Waals surface area contributed by atoms with Gasteiger partial charge < -0.3 is 0 Å². The summed E-state index contributed by atoms with van der Waals surface area (Å²) < 4.78 is 0. The molecule has 1 radical (unpaired) electrons. The number of carbonyl (C=O) groups is 4. The van der Waals surface area contributed by atoms with Gasteiger partial charge in [0.15, 0.2) is 7.28 Å². The molecule has 0 saturated carbocycles. The Labute approximate surface area is 134 Å². The molecule has 2 heterocycles. The zero-order valence-corrected chi connectivity index (χ0v) is 13.0. The molecule has 3 rings (SSSR count). The van der Waals surface area contributed by atoms with Crippen LogP contribution in [-0.2, 0) is 9.59 Å². The highest BCUT2D eigenvalue weighted by atomic mass is 16.2. The van der Waals surface area contributed by atoms with E-state index in [1.807, 2.05) is 21.1 Å². The lowest BCUT2D eigenvalue weighted by molar-refractivity contribution is -0.136. The van der Waals surface area contributed by atoms with Crippen LogP contribution in [0.1, 0.15) is 47.4 Å². The molecule has 117 valence electrons. The van der Waals surface area contributed by atoms with Crippen LogP contribution in [0.25, 0.3) is 0 Å². The van der Waals surface area contributed by atoms with Crippen molar-refractivity contribution in [2.24, 2.45) is 0 Å². The molecule has 2 aliphatic rings. The minimum Gasteiger partial charge on any atom is -0.295 e. The van der Waals surface area contributed by atoms with E-state index in [1.54, 1.807) is 18.2 Å². The standard InChI is InChI=1S/C16H16BN2O4/c1-8(2)17-9-3-4-10-11(7-9)16(23)19(15(10)22)12-5-6-13(20)18-14(12)21/h3-4,7-8,12H,5-6H2,1-2H3,(H,18,20,21). The van der Waals surface area contributed by atoms with E-state index >= 15 is 0 Å². The van der Waals surface area contributed by atoms with Crippen LogP contribution in [0.2, 0.25) is 5.82 Å². The number of rotatable bonds is 3. The number of hydrogen-bond acceptors (Lipinski definition) is 4. The molecule has 7 heteroatoms. The second-order valence-corrected chi connectivity index (χ2v) is 6.16. The Kier molecular flexibility index (Phi) is 3.79. The van der Waals surface area contributed by atoms with Gasteiger partial charge in [-0.15, -0.1) is 0 Å². The van der Waals surface area contributed by atoms with Crippen LogP contribution < -0.4 is 10.8 Å².